The van der Waals surface area contributed by atoms with Crippen LogP contribution >= 0.6 is 0 Å². The minimum Gasteiger partial charge on any atom is -0.465 e. The zero-order valence-electron chi connectivity index (χ0n) is 19.2. The van der Waals surface area contributed by atoms with E-state index in [1.54, 1.807) is 0 Å². The van der Waals surface area contributed by atoms with Crippen molar-refractivity contribution in [3.8, 4) is 11.1 Å². The van der Waals surface area contributed by atoms with Gasteiger partial charge in [-0.3, -0.25) is 9.48 Å². The van der Waals surface area contributed by atoms with Crippen LogP contribution in [-0.4, -0.2) is 63.0 Å². The molecule has 9 nitrogen and oxygen atoms in total. The van der Waals surface area contributed by atoms with Gasteiger partial charge in [0.15, 0.2) is 0 Å². The number of amides is 2. The number of H-pyrrole nitrogens is 1. The van der Waals surface area contributed by atoms with Crippen LogP contribution in [0.25, 0.3) is 43.8 Å². The largest absolute Gasteiger partial charge is 0.465 e. The zero-order valence-corrected chi connectivity index (χ0v) is 19.2. The minimum absolute atomic E-state index is 0.441. The van der Waals surface area contributed by atoms with Crippen LogP contribution in [0.15, 0.2) is 54.7 Å². The number of aryl methyl sites for hydroxylation is 1. The third-order valence-corrected chi connectivity index (χ3v) is 6.95. The molecule has 1 aliphatic rings. The highest BCUT2D eigenvalue weighted by molar-refractivity contribution is 6.16. The topological polar surface area (TPSA) is 120 Å². The highest BCUT2D eigenvalue weighted by Gasteiger charge is 2.21. The van der Waals surface area contributed by atoms with Crippen molar-refractivity contribution in [1.82, 2.24) is 19.7 Å². The molecule has 6 rings (SSSR count). The average molecular weight is 469 g/mol. The Labute approximate surface area is 200 Å². The Morgan fingerprint density at radius 1 is 0.971 bits per heavy atom. The number of hydrogen-bond acceptors (Lipinski definition) is 4. The van der Waals surface area contributed by atoms with Gasteiger partial charge in [0.25, 0.3) is 5.91 Å². The van der Waals surface area contributed by atoms with E-state index in [4.69, 9.17) is 5.73 Å². The second-order valence-corrected chi connectivity index (χ2v) is 8.96. The first-order chi connectivity index (χ1) is 16.9. The summed E-state index contributed by atoms with van der Waals surface area (Å²) in [4.78, 5) is 30.6. The van der Waals surface area contributed by atoms with Crippen molar-refractivity contribution in [2.24, 2.45) is 12.8 Å². The highest BCUT2D eigenvalue weighted by atomic mass is 16.4. The lowest BCUT2D eigenvalue weighted by molar-refractivity contribution is 0.100. The van der Waals surface area contributed by atoms with Gasteiger partial charge in [0, 0.05) is 60.6 Å². The van der Waals surface area contributed by atoms with Gasteiger partial charge in [-0.25, -0.2) is 4.79 Å². The molecule has 3 heterocycles. The van der Waals surface area contributed by atoms with Crippen LogP contribution in [0.3, 0.4) is 0 Å². The smallest absolute Gasteiger partial charge is 0.407 e. The maximum absolute atomic E-state index is 12.4. The molecule has 0 atom stereocenters. The van der Waals surface area contributed by atoms with Gasteiger partial charge in [-0.2, -0.15) is 5.10 Å². The fraction of sp³-hybridized carbons (Fsp3) is 0.192. The second-order valence-electron chi connectivity index (χ2n) is 8.96. The molecule has 1 saturated heterocycles. The summed E-state index contributed by atoms with van der Waals surface area (Å²) in [5, 5.41) is 16.5. The van der Waals surface area contributed by atoms with Crippen molar-refractivity contribution in [1.29, 1.82) is 0 Å². The van der Waals surface area contributed by atoms with Crippen LogP contribution < -0.4 is 10.6 Å². The van der Waals surface area contributed by atoms with E-state index in [0.717, 1.165) is 44.0 Å². The summed E-state index contributed by atoms with van der Waals surface area (Å²) < 4.78 is 1.83. The molecule has 2 aromatic heterocycles. The van der Waals surface area contributed by atoms with Crippen LogP contribution in [-0.2, 0) is 7.05 Å². The van der Waals surface area contributed by atoms with Gasteiger partial charge in [0.2, 0.25) is 0 Å². The van der Waals surface area contributed by atoms with Gasteiger partial charge >= 0.3 is 6.09 Å². The number of rotatable bonds is 3. The third-order valence-electron chi connectivity index (χ3n) is 6.95. The van der Waals surface area contributed by atoms with E-state index in [9.17, 15) is 14.7 Å². The van der Waals surface area contributed by atoms with Gasteiger partial charge in [0.1, 0.15) is 0 Å². The number of aromatic amines is 1. The van der Waals surface area contributed by atoms with Crippen molar-refractivity contribution in [2.75, 3.05) is 31.1 Å². The molecule has 0 unspecified atom stereocenters. The lowest BCUT2D eigenvalue weighted by Gasteiger charge is -2.34. The summed E-state index contributed by atoms with van der Waals surface area (Å²) in [6.07, 6.45) is 0.948. The van der Waals surface area contributed by atoms with Crippen molar-refractivity contribution in [3.63, 3.8) is 0 Å². The molecule has 176 valence electrons. The maximum atomic E-state index is 12.4. The van der Waals surface area contributed by atoms with E-state index < -0.39 is 12.0 Å². The lowest BCUT2D eigenvalue weighted by Crippen LogP contribution is -2.48. The average Bonchev–Trinajstić information content (AvgIpc) is 3.42. The summed E-state index contributed by atoms with van der Waals surface area (Å²) in [7, 11) is 1.91. The normalized spacial score (nSPS) is 14.3. The minimum atomic E-state index is -0.881. The van der Waals surface area contributed by atoms with Crippen molar-refractivity contribution in [3.05, 3.63) is 60.3 Å². The van der Waals surface area contributed by atoms with Crippen molar-refractivity contribution >= 4 is 50.4 Å². The first kappa shape index (κ1) is 21.0. The van der Waals surface area contributed by atoms with Gasteiger partial charge < -0.3 is 25.6 Å². The fourth-order valence-electron chi connectivity index (χ4n) is 5.05. The molecule has 5 aromatic rings. The number of carboxylic acid groups (broad SMARTS) is 1. The summed E-state index contributed by atoms with van der Waals surface area (Å²) >= 11 is 0. The van der Waals surface area contributed by atoms with E-state index in [0.29, 0.717) is 37.3 Å². The van der Waals surface area contributed by atoms with Gasteiger partial charge in [0.05, 0.1) is 22.8 Å². The molecular formula is C26H24N6O3. The Morgan fingerprint density at radius 3 is 2.51 bits per heavy atom. The number of nitrogens with zero attached hydrogens (tertiary/aromatic N) is 4. The monoisotopic (exact) mass is 468 g/mol. The molecule has 1 fully saturated rings. The lowest BCUT2D eigenvalue weighted by atomic mass is 9.98. The number of hydrogen-bond donors (Lipinski definition) is 3. The number of nitrogens with one attached hydrogen (secondary N) is 1. The predicted molar refractivity (Wildman–Crippen MR) is 136 cm³/mol. The first-order valence-electron chi connectivity index (χ1n) is 11.4. The Morgan fingerprint density at radius 2 is 1.77 bits per heavy atom. The van der Waals surface area contributed by atoms with Crippen LogP contribution in [0.2, 0.25) is 0 Å². The number of primary amides is 1. The zero-order chi connectivity index (χ0) is 24.3. The number of anilines is 1. The SMILES string of the molecule is Cn1ncc2cc(-c3cc(C(N)=O)c4[nH]c5cc(N6CCN(C(=O)O)CC6)ccc5c4c3)ccc21. The van der Waals surface area contributed by atoms with Crippen LogP contribution in [0.5, 0.6) is 0 Å². The molecule has 0 radical (unpaired) electrons. The van der Waals surface area contributed by atoms with E-state index in [2.05, 4.69) is 33.2 Å². The molecule has 0 spiro atoms. The predicted octanol–water partition coefficient (Wildman–Crippen LogP) is 3.77. The Bertz CT molecular complexity index is 1640. The molecule has 0 saturated carbocycles. The third kappa shape index (κ3) is 3.43. The number of aromatic nitrogens is 3. The summed E-state index contributed by atoms with van der Waals surface area (Å²) in [6, 6.07) is 16.2. The number of fused-ring (bicyclic) bond motifs is 4. The fourth-order valence-corrected chi connectivity index (χ4v) is 5.05. The molecule has 3 aromatic carbocycles. The maximum Gasteiger partial charge on any atom is 0.407 e. The van der Waals surface area contributed by atoms with Crippen molar-refractivity contribution in [2.45, 2.75) is 0 Å². The summed E-state index contributed by atoms with van der Waals surface area (Å²) in [5.41, 5.74) is 11.8. The summed E-state index contributed by atoms with van der Waals surface area (Å²) in [6.45, 7) is 2.20. The number of carbonyl (C=O) groups is 2. The van der Waals surface area contributed by atoms with Crippen LogP contribution in [0, 0.1) is 0 Å². The number of carbonyl (C=O) groups excluding carboxylic acids is 1. The van der Waals surface area contributed by atoms with Crippen molar-refractivity contribution < 1.29 is 14.7 Å². The number of piperazine rings is 1. The second kappa shape index (κ2) is 7.76. The molecule has 35 heavy (non-hydrogen) atoms. The summed E-state index contributed by atoms with van der Waals surface area (Å²) in [5.74, 6) is -0.490. The first-order valence-corrected chi connectivity index (χ1v) is 11.4. The van der Waals surface area contributed by atoms with E-state index in [1.807, 2.05) is 48.3 Å². The Hall–Kier alpha value is -4.53. The Balaban J connectivity index is 1.44. The molecule has 9 heteroatoms. The molecule has 4 N–H and O–H groups in total. The molecule has 0 bridgehead atoms. The molecule has 2 amide bonds. The molecule has 0 aliphatic carbocycles. The quantitative estimate of drug-likeness (QED) is 0.372. The standard InChI is InChI=1S/C26H24N6O3/c1-30-23-5-2-15(10-17(23)14-28-30)16-11-20-19-4-3-18(31-6-8-32(9-7-31)26(34)35)13-22(19)29-24(20)21(12-16)25(27)33/h2-5,10-14,29H,6-9H2,1H3,(H2,27,33)(H,34,35). The van der Waals surface area contributed by atoms with Crippen LogP contribution in [0.4, 0.5) is 10.5 Å². The highest BCUT2D eigenvalue weighted by Crippen LogP contribution is 2.35. The van der Waals surface area contributed by atoms with E-state index >= 15 is 0 Å². The Kier molecular flexibility index (Phi) is 4.67. The van der Waals surface area contributed by atoms with Crippen LogP contribution in [0.1, 0.15) is 10.4 Å². The van der Waals surface area contributed by atoms with E-state index in [-0.39, 0.29) is 0 Å². The van der Waals surface area contributed by atoms with Gasteiger partial charge in [-0.15, -0.1) is 0 Å². The van der Waals surface area contributed by atoms with Gasteiger partial charge in [-0.05, 0) is 47.5 Å². The van der Waals surface area contributed by atoms with E-state index in [1.165, 1.54) is 4.90 Å². The molecular weight excluding hydrogens is 444 g/mol. The number of benzene rings is 3. The van der Waals surface area contributed by atoms with Gasteiger partial charge in [-0.1, -0.05) is 12.1 Å². The number of nitrogens with two attached hydrogens (primary N) is 1. The molecule has 1 aliphatic heterocycles.